The molecule has 5 rings (SSSR count). The molecule has 0 radical (unpaired) electrons. The number of likely N-dealkylation sites (tertiary alicyclic amines) is 1. The summed E-state index contributed by atoms with van der Waals surface area (Å²) >= 11 is 0. The molecular formula is C27H38N4O5. The lowest BCUT2D eigenvalue weighted by molar-refractivity contribution is -0.143. The van der Waals surface area contributed by atoms with Gasteiger partial charge in [0.1, 0.15) is 18.2 Å². The molecule has 0 unspecified atom stereocenters. The highest BCUT2D eigenvalue weighted by molar-refractivity contribution is 6.01. The van der Waals surface area contributed by atoms with Gasteiger partial charge in [-0.15, -0.1) is 0 Å². The number of benzene rings is 1. The zero-order valence-electron chi connectivity index (χ0n) is 21.2. The number of fused-ring (bicyclic) bond motifs is 1. The van der Waals surface area contributed by atoms with Crippen LogP contribution in [-0.2, 0) is 19.1 Å². The minimum atomic E-state index is -0.954. The predicted molar refractivity (Wildman–Crippen MR) is 135 cm³/mol. The van der Waals surface area contributed by atoms with Crippen LogP contribution in [0.3, 0.4) is 0 Å². The number of hydrogen-bond donors (Lipinski definition) is 1. The number of nitrogens with one attached hydrogen (secondary N) is 1. The highest BCUT2D eigenvalue weighted by atomic mass is 16.5. The highest BCUT2D eigenvalue weighted by Crippen LogP contribution is 2.35. The molecule has 36 heavy (non-hydrogen) atoms. The Bertz CT molecular complexity index is 953. The molecule has 0 bridgehead atoms. The summed E-state index contributed by atoms with van der Waals surface area (Å²) in [5.74, 6) is -0.381. The summed E-state index contributed by atoms with van der Waals surface area (Å²) in [4.78, 5) is 46.0. The van der Waals surface area contributed by atoms with Crippen LogP contribution in [0, 0.1) is 0 Å². The number of nitrogens with zero attached hydrogens (tertiary/aromatic N) is 3. The van der Waals surface area contributed by atoms with Gasteiger partial charge in [0.15, 0.2) is 5.78 Å². The number of ketones is 1. The zero-order chi connectivity index (χ0) is 25.1. The van der Waals surface area contributed by atoms with Gasteiger partial charge in [0.2, 0.25) is 5.91 Å². The smallest absolute Gasteiger partial charge is 0.252 e. The lowest BCUT2D eigenvalue weighted by Crippen LogP contribution is -2.62. The molecule has 3 saturated heterocycles. The lowest BCUT2D eigenvalue weighted by Gasteiger charge is -2.40. The molecule has 1 N–H and O–H groups in total. The SMILES string of the molecule is COCCN1CCN(c2ccc(C(=O)NC3(C(=O)N4CC[C@H]5OCC(=O)[C@H]54)CCCCC3)cc2)CC1. The lowest BCUT2D eigenvalue weighted by atomic mass is 9.80. The van der Waals surface area contributed by atoms with E-state index in [4.69, 9.17) is 9.47 Å². The van der Waals surface area contributed by atoms with Crippen LogP contribution >= 0.6 is 0 Å². The monoisotopic (exact) mass is 498 g/mol. The van der Waals surface area contributed by atoms with Gasteiger partial charge >= 0.3 is 0 Å². The number of methoxy groups -OCH3 is 1. The number of hydrogen-bond acceptors (Lipinski definition) is 7. The van der Waals surface area contributed by atoms with Crippen molar-refractivity contribution >= 4 is 23.3 Å². The van der Waals surface area contributed by atoms with Crippen molar-refractivity contribution in [3.63, 3.8) is 0 Å². The molecule has 1 aromatic carbocycles. The third kappa shape index (κ3) is 5.01. The average Bonchev–Trinajstić information content (AvgIpc) is 3.51. The Morgan fingerprint density at radius 2 is 1.78 bits per heavy atom. The van der Waals surface area contributed by atoms with E-state index in [1.807, 2.05) is 24.3 Å². The van der Waals surface area contributed by atoms with Gasteiger partial charge in [-0.05, 0) is 43.5 Å². The number of ether oxygens (including phenoxy) is 2. The van der Waals surface area contributed by atoms with Gasteiger partial charge in [-0.25, -0.2) is 0 Å². The number of amides is 2. The van der Waals surface area contributed by atoms with Crippen LogP contribution in [0.15, 0.2) is 24.3 Å². The van der Waals surface area contributed by atoms with Gasteiger partial charge in [0, 0.05) is 57.6 Å². The van der Waals surface area contributed by atoms with E-state index in [2.05, 4.69) is 15.1 Å². The first-order chi connectivity index (χ1) is 17.5. The molecule has 1 aromatic rings. The number of piperazine rings is 1. The molecule has 1 saturated carbocycles. The molecule has 4 aliphatic rings. The number of anilines is 1. The fourth-order valence-electron chi connectivity index (χ4n) is 6.21. The van der Waals surface area contributed by atoms with Crippen molar-refractivity contribution in [3.05, 3.63) is 29.8 Å². The number of rotatable bonds is 7. The first kappa shape index (κ1) is 25.2. The van der Waals surface area contributed by atoms with E-state index >= 15 is 0 Å². The van der Waals surface area contributed by atoms with Gasteiger partial charge < -0.3 is 24.6 Å². The molecule has 3 aliphatic heterocycles. The molecule has 0 aromatic heterocycles. The topological polar surface area (TPSA) is 91.4 Å². The van der Waals surface area contributed by atoms with Crippen LogP contribution in [0.5, 0.6) is 0 Å². The van der Waals surface area contributed by atoms with Crippen molar-refractivity contribution in [3.8, 4) is 0 Å². The average molecular weight is 499 g/mol. The molecular weight excluding hydrogens is 460 g/mol. The fourth-order valence-corrected chi connectivity index (χ4v) is 6.21. The second-order valence-corrected chi connectivity index (χ2v) is 10.5. The van der Waals surface area contributed by atoms with Crippen molar-refractivity contribution in [2.45, 2.75) is 56.2 Å². The second-order valence-electron chi connectivity index (χ2n) is 10.5. The maximum Gasteiger partial charge on any atom is 0.252 e. The standard InChI is InChI=1S/C27H38N4O5/c1-35-18-17-29-13-15-30(16-14-29)21-7-5-20(6-8-21)25(33)28-27(10-3-2-4-11-27)26(34)31-12-9-23-24(31)22(32)19-36-23/h5-8,23-24H,2-4,9-19H2,1H3,(H,28,33)/t23-,24-/m1/s1. The molecule has 2 amide bonds. The van der Waals surface area contributed by atoms with E-state index in [9.17, 15) is 14.4 Å². The van der Waals surface area contributed by atoms with Crippen molar-refractivity contribution in [1.82, 2.24) is 15.1 Å². The number of carbonyl (C=O) groups is 3. The van der Waals surface area contributed by atoms with Crippen LogP contribution < -0.4 is 10.2 Å². The number of carbonyl (C=O) groups excluding carboxylic acids is 3. The summed E-state index contributed by atoms with van der Waals surface area (Å²) in [6.07, 6.45) is 4.49. The third-order valence-electron chi connectivity index (χ3n) is 8.32. The minimum Gasteiger partial charge on any atom is -0.383 e. The number of Topliss-reactive ketones (excluding diaryl/α,β-unsaturated/α-hetero) is 1. The van der Waals surface area contributed by atoms with Crippen LogP contribution in [0.25, 0.3) is 0 Å². The molecule has 9 heteroatoms. The summed E-state index contributed by atoms with van der Waals surface area (Å²) in [6, 6.07) is 7.19. The minimum absolute atomic E-state index is 0.0294. The molecule has 1 aliphatic carbocycles. The van der Waals surface area contributed by atoms with E-state index in [1.165, 1.54) is 0 Å². The van der Waals surface area contributed by atoms with Gasteiger partial charge in [-0.3, -0.25) is 19.3 Å². The summed E-state index contributed by atoms with van der Waals surface area (Å²) in [7, 11) is 1.73. The molecule has 4 fully saturated rings. The second kappa shape index (κ2) is 10.9. The van der Waals surface area contributed by atoms with E-state index in [1.54, 1.807) is 12.0 Å². The quantitative estimate of drug-likeness (QED) is 0.609. The van der Waals surface area contributed by atoms with Crippen LogP contribution in [0.4, 0.5) is 5.69 Å². The molecule has 9 nitrogen and oxygen atoms in total. The van der Waals surface area contributed by atoms with Crippen molar-refractivity contribution in [2.75, 3.05) is 64.5 Å². The molecule has 2 atom stereocenters. The summed E-state index contributed by atoms with van der Waals surface area (Å²) in [6.45, 7) is 6.13. The molecule has 196 valence electrons. The van der Waals surface area contributed by atoms with Gasteiger partial charge in [-0.1, -0.05) is 19.3 Å². The Morgan fingerprint density at radius 1 is 1.06 bits per heavy atom. The first-order valence-electron chi connectivity index (χ1n) is 13.3. The maximum absolute atomic E-state index is 13.8. The van der Waals surface area contributed by atoms with E-state index in [-0.39, 0.29) is 30.3 Å². The predicted octanol–water partition coefficient (Wildman–Crippen LogP) is 1.46. The first-order valence-corrected chi connectivity index (χ1v) is 13.3. The summed E-state index contributed by atoms with van der Waals surface area (Å²) < 4.78 is 10.8. The van der Waals surface area contributed by atoms with Crippen molar-refractivity contribution < 1.29 is 23.9 Å². The van der Waals surface area contributed by atoms with Gasteiger partial charge in [0.25, 0.3) is 5.91 Å². The molecule has 3 heterocycles. The van der Waals surface area contributed by atoms with Crippen LogP contribution in [0.1, 0.15) is 48.9 Å². The van der Waals surface area contributed by atoms with E-state index in [0.717, 1.165) is 64.3 Å². The normalized spacial score (nSPS) is 26.2. The van der Waals surface area contributed by atoms with E-state index < -0.39 is 11.6 Å². The van der Waals surface area contributed by atoms with Crippen LogP contribution in [-0.4, -0.2) is 105 Å². The summed E-state index contributed by atoms with van der Waals surface area (Å²) in [5, 5.41) is 3.13. The fraction of sp³-hybridized carbons (Fsp3) is 0.667. The Morgan fingerprint density at radius 3 is 2.47 bits per heavy atom. The summed E-state index contributed by atoms with van der Waals surface area (Å²) in [5.41, 5.74) is 0.698. The maximum atomic E-state index is 13.8. The Hall–Kier alpha value is -2.49. The van der Waals surface area contributed by atoms with Gasteiger partial charge in [0.05, 0.1) is 12.7 Å². The van der Waals surface area contributed by atoms with Gasteiger partial charge in [-0.2, -0.15) is 0 Å². The molecule has 0 spiro atoms. The van der Waals surface area contributed by atoms with Crippen molar-refractivity contribution in [2.24, 2.45) is 0 Å². The zero-order valence-corrected chi connectivity index (χ0v) is 21.2. The van der Waals surface area contributed by atoms with Crippen LogP contribution in [0.2, 0.25) is 0 Å². The Labute approximate surface area is 213 Å². The highest BCUT2D eigenvalue weighted by Gasteiger charge is 2.52. The van der Waals surface area contributed by atoms with E-state index in [0.29, 0.717) is 31.4 Å². The van der Waals surface area contributed by atoms with Crippen molar-refractivity contribution in [1.29, 1.82) is 0 Å². The third-order valence-corrected chi connectivity index (χ3v) is 8.32. The Balaban J connectivity index is 1.24. The largest absolute Gasteiger partial charge is 0.383 e. The Kier molecular flexibility index (Phi) is 7.60.